The normalized spacial score (nSPS) is 10.7. The highest BCUT2D eigenvalue weighted by Gasteiger charge is 2.05. The summed E-state index contributed by atoms with van der Waals surface area (Å²) in [4.78, 5) is 24.0. The average Bonchev–Trinajstić information content (AvgIpc) is 2.92. The number of methoxy groups -OCH3 is 2. The summed E-state index contributed by atoms with van der Waals surface area (Å²) in [6.07, 6.45) is 3.07. The first kappa shape index (κ1) is 25.8. The van der Waals surface area contributed by atoms with Crippen molar-refractivity contribution in [2.45, 2.75) is 0 Å². The Labute approximate surface area is 209 Å². The monoisotopic (exact) mass is 488 g/mol. The van der Waals surface area contributed by atoms with E-state index in [1.54, 1.807) is 14.2 Å². The van der Waals surface area contributed by atoms with Crippen LogP contribution in [0.5, 0.6) is 11.5 Å². The quantitative estimate of drug-likeness (QED) is 0.230. The van der Waals surface area contributed by atoms with Crippen LogP contribution in [0.25, 0.3) is 0 Å². The largest absolute Gasteiger partial charge is 0.495 e. The molecular weight excluding hydrogens is 460 g/mol. The van der Waals surface area contributed by atoms with Crippen LogP contribution in [0.2, 0.25) is 0 Å². The first-order valence-electron chi connectivity index (χ1n) is 11.1. The highest BCUT2D eigenvalue weighted by Crippen LogP contribution is 2.23. The second kappa shape index (κ2) is 13.8. The number of nitrogens with zero attached hydrogens (tertiary/aromatic N) is 2. The van der Waals surface area contributed by atoms with Crippen molar-refractivity contribution in [1.29, 1.82) is 0 Å². The molecule has 0 heterocycles. The van der Waals surface area contributed by atoms with Crippen molar-refractivity contribution in [3.8, 4) is 11.5 Å². The molecule has 3 rings (SSSR count). The maximum Gasteiger partial charge on any atom is 0.259 e. The Morgan fingerprint density at radius 2 is 1.06 bits per heavy atom. The molecule has 0 saturated carbocycles. The SMILES string of the molecule is COc1ccccc1NCC(=O)N/N=C/c1ccc(/C=N/NC(=O)CNc2ccccc2OC)cc1. The summed E-state index contributed by atoms with van der Waals surface area (Å²) in [7, 11) is 3.14. The highest BCUT2D eigenvalue weighted by molar-refractivity contribution is 5.87. The van der Waals surface area contributed by atoms with Crippen molar-refractivity contribution >= 4 is 35.6 Å². The van der Waals surface area contributed by atoms with Gasteiger partial charge in [0.1, 0.15) is 11.5 Å². The molecular formula is C26H28N6O4. The number of para-hydroxylation sites is 4. The summed E-state index contributed by atoms with van der Waals surface area (Å²) in [6.45, 7) is 0.0977. The molecule has 0 aliphatic carbocycles. The Morgan fingerprint density at radius 3 is 1.44 bits per heavy atom. The van der Waals surface area contributed by atoms with Gasteiger partial charge < -0.3 is 20.1 Å². The molecule has 4 N–H and O–H groups in total. The Morgan fingerprint density at radius 1 is 0.667 bits per heavy atom. The van der Waals surface area contributed by atoms with Crippen molar-refractivity contribution in [2.75, 3.05) is 37.9 Å². The second-order valence-electron chi connectivity index (χ2n) is 7.36. The molecule has 0 spiro atoms. The number of anilines is 2. The second-order valence-corrected chi connectivity index (χ2v) is 7.36. The van der Waals surface area contributed by atoms with Gasteiger partial charge in [0.25, 0.3) is 11.8 Å². The predicted octanol–water partition coefficient (Wildman–Crippen LogP) is 2.83. The summed E-state index contributed by atoms with van der Waals surface area (Å²) < 4.78 is 10.5. The van der Waals surface area contributed by atoms with Gasteiger partial charge in [0.05, 0.1) is 51.1 Å². The van der Waals surface area contributed by atoms with E-state index in [4.69, 9.17) is 9.47 Å². The fourth-order valence-corrected chi connectivity index (χ4v) is 3.04. The summed E-state index contributed by atoms with van der Waals surface area (Å²) in [5.74, 6) is 0.719. The minimum absolute atomic E-state index is 0.0489. The van der Waals surface area contributed by atoms with Crippen LogP contribution in [0.3, 0.4) is 0 Å². The van der Waals surface area contributed by atoms with E-state index in [1.165, 1.54) is 12.4 Å². The molecule has 10 heteroatoms. The molecule has 0 unspecified atom stereocenters. The average molecular weight is 489 g/mol. The van der Waals surface area contributed by atoms with Gasteiger partial charge in [0.2, 0.25) is 0 Å². The number of hydrazone groups is 2. The van der Waals surface area contributed by atoms with E-state index in [0.717, 1.165) is 22.5 Å². The molecule has 186 valence electrons. The van der Waals surface area contributed by atoms with Crippen molar-refractivity contribution in [2.24, 2.45) is 10.2 Å². The lowest BCUT2D eigenvalue weighted by Crippen LogP contribution is -2.26. The molecule has 0 atom stereocenters. The molecule has 2 amide bonds. The van der Waals surface area contributed by atoms with E-state index >= 15 is 0 Å². The van der Waals surface area contributed by atoms with Gasteiger partial charge in [-0.25, -0.2) is 10.9 Å². The van der Waals surface area contributed by atoms with Crippen LogP contribution in [0.4, 0.5) is 11.4 Å². The molecule has 0 radical (unpaired) electrons. The van der Waals surface area contributed by atoms with Crippen molar-refractivity contribution < 1.29 is 19.1 Å². The lowest BCUT2D eigenvalue weighted by Gasteiger charge is -2.09. The standard InChI is InChI=1S/C26H28N6O4/c1-35-23-9-5-3-7-21(23)27-17-25(33)31-29-15-19-11-13-20(14-12-19)16-30-32-26(34)18-28-22-8-4-6-10-24(22)36-2/h3-16,27-28H,17-18H2,1-2H3,(H,31,33)(H,32,34)/b29-15+,30-16+. The van der Waals surface area contributed by atoms with Gasteiger partial charge in [0.15, 0.2) is 0 Å². The van der Waals surface area contributed by atoms with Crippen LogP contribution in [-0.4, -0.2) is 51.6 Å². The van der Waals surface area contributed by atoms with Gasteiger partial charge in [-0.05, 0) is 35.4 Å². The lowest BCUT2D eigenvalue weighted by molar-refractivity contribution is -0.120. The number of rotatable bonds is 12. The third kappa shape index (κ3) is 8.17. The molecule has 0 aliphatic heterocycles. The Bertz CT molecular complexity index is 1120. The minimum atomic E-state index is -0.295. The molecule has 0 saturated heterocycles. The maximum absolute atomic E-state index is 12.0. The molecule has 10 nitrogen and oxygen atoms in total. The zero-order valence-corrected chi connectivity index (χ0v) is 20.0. The summed E-state index contributed by atoms with van der Waals surface area (Å²) in [6, 6.07) is 21.9. The van der Waals surface area contributed by atoms with Crippen LogP contribution in [0.15, 0.2) is 83.0 Å². The lowest BCUT2D eigenvalue weighted by atomic mass is 10.2. The fraction of sp³-hybridized carbons (Fsp3) is 0.154. The first-order valence-corrected chi connectivity index (χ1v) is 11.1. The van der Waals surface area contributed by atoms with Crippen LogP contribution >= 0.6 is 0 Å². The van der Waals surface area contributed by atoms with Crippen LogP contribution in [0.1, 0.15) is 11.1 Å². The van der Waals surface area contributed by atoms with Crippen molar-refractivity contribution in [1.82, 2.24) is 10.9 Å². The zero-order chi connectivity index (χ0) is 25.6. The fourth-order valence-electron chi connectivity index (χ4n) is 3.04. The topological polar surface area (TPSA) is 125 Å². The molecule has 0 aromatic heterocycles. The molecule has 0 aliphatic rings. The summed E-state index contributed by atoms with van der Waals surface area (Å²) in [5.41, 5.74) is 7.96. The zero-order valence-electron chi connectivity index (χ0n) is 20.0. The van der Waals surface area contributed by atoms with Gasteiger partial charge in [-0.15, -0.1) is 0 Å². The van der Waals surface area contributed by atoms with Crippen LogP contribution < -0.4 is 31.0 Å². The van der Waals surface area contributed by atoms with E-state index in [9.17, 15) is 9.59 Å². The Balaban J connectivity index is 1.39. The number of nitrogens with one attached hydrogen (secondary N) is 4. The number of benzene rings is 3. The number of amides is 2. The Hall–Kier alpha value is -4.86. The van der Waals surface area contributed by atoms with E-state index in [-0.39, 0.29) is 24.9 Å². The van der Waals surface area contributed by atoms with E-state index in [1.807, 2.05) is 72.8 Å². The molecule has 0 fully saturated rings. The van der Waals surface area contributed by atoms with Gasteiger partial charge in [-0.3, -0.25) is 9.59 Å². The van der Waals surface area contributed by atoms with Gasteiger partial charge >= 0.3 is 0 Å². The van der Waals surface area contributed by atoms with E-state index < -0.39 is 0 Å². The Kier molecular flexibility index (Phi) is 9.84. The van der Waals surface area contributed by atoms with Gasteiger partial charge in [-0.1, -0.05) is 48.5 Å². The summed E-state index contributed by atoms with van der Waals surface area (Å²) >= 11 is 0. The van der Waals surface area contributed by atoms with E-state index in [0.29, 0.717) is 11.5 Å². The number of hydrogen-bond donors (Lipinski definition) is 4. The van der Waals surface area contributed by atoms with Gasteiger partial charge in [0, 0.05) is 0 Å². The van der Waals surface area contributed by atoms with Crippen LogP contribution in [-0.2, 0) is 9.59 Å². The predicted molar refractivity (Wildman–Crippen MR) is 141 cm³/mol. The number of ether oxygens (including phenoxy) is 2. The van der Waals surface area contributed by atoms with Crippen molar-refractivity contribution in [3.05, 3.63) is 83.9 Å². The third-order valence-corrected chi connectivity index (χ3v) is 4.83. The van der Waals surface area contributed by atoms with Crippen LogP contribution in [0, 0.1) is 0 Å². The maximum atomic E-state index is 12.0. The molecule has 3 aromatic rings. The number of carbonyl (C=O) groups is 2. The number of carbonyl (C=O) groups excluding carboxylic acids is 2. The van der Waals surface area contributed by atoms with Crippen molar-refractivity contribution in [3.63, 3.8) is 0 Å². The minimum Gasteiger partial charge on any atom is -0.495 e. The summed E-state index contributed by atoms with van der Waals surface area (Å²) in [5, 5.41) is 13.9. The number of hydrogen-bond acceptors (Lipinski definition) is 8. The first-order chi connectivity index (χ1) is 17.6. The van der Waals surface area contributed by atoms with Gasteiger partial charge in [-0.2, -0.15) is 10.2 Å². The third-order valence-electron chi connectivity index (χ3n) is 4.83. The highest BCUT2D eigenvalue weighted by atomic mass is 16.5. The molecule has 3 aromatic carbocycles. The smallest absolute Gasteiger partial charge is 0.259 e. The van der Waals surface area contributed by atoms with E-state index in [2.05, 4.69) is 31.7 Å². The molecule has 0 bridgehead atoms. The molecule has 36 heavy (non-hydrogen) atoms.